The third-order valence-electron chi connectivity index (χ3n) is 3.86. The second-order valence-electron chi connectivity index (χ2n) is 5.76. The quantitative estimate of drug-likeness (QED) is 0.862. The van der Waals surface area contributed by atoms with Crippen molar-refractivity contribution in [1.82, 2.24) is 14.8 Å². The first-order valence-electron chi connectivity index (χ1n) is 7.29. The smallest absolute Gasteiger partial charge is 0.151 e. The van der Waals surface area contributed by atoms with Crippen LogP contribution in [0.3, 0.4) is 0 Å². The Labute approximate surface area is 135 Å². The minimum absolute atomic E-state index is 0.0702. The Morgan fingerprint density at radius 2 is 2.23 bits per heavy atom. The van der Waals surface area contributed by atoms with E-state index in [1.807, 2.05) is 35.9 Å². The maximum absolute atomic E-state index is 11.9. The van der Waals surface area contributed by atoms with Crippen molar-refractivity contribution in [2.75, 3.05) is 11.5 Å². The predicted octanol–water partition coefficient (Wildman–Crippen LogP) is 2.58. The summed E-state index contributed by atoms with van der Waals surface area (Å²) in [6.45, 7) is 2.38. The Kier molecular flexibility index (Phi) is 4.23. The van der Waals surface area contributed by atoms with Crippen molar-refractivity contribution < 1.29 is 8.42 Å². The lowest BCUT2D eigenvalue weighted by Gasteiger charge is -2.21. The number of nitrogens with zero attached hydrogens (tertiary/aromatic N) is 3. The average molecular weight is 340 g/mol. The Morgan fingerprint density at radius 1 is 1.41 bits per heavy atom. The number of sulfone groups is 1. The monoisotopic (exact) mass is 339 g/mol. The molecule has 0 radical (unpaired) electrons. The second kappa shape index (κ2) is 6.01. The molecule has 1 fully saturated rings. The summed E-state index contributed by atoms with van der Waals surface area (Å²) in [5.41, 5.74) is 1.03. The molecule has 1 aliphatic heterocycles. The lowest BCUT2D eigenvalue weighted by Crippen LogP contribution is -2.26. The van der Waals surface area contributed by atoms with E-state index in [1.165, 1.54) is 0 Å². The van der Waals surface area contributed by atoms with Gasteiger partial charge in [-0.3, -0.25) is 0 Å². The number of benzene rings is 1. The van der Waals surface area contributed by atoms with Crippen LogP contribution >= 0.6 is 11.6 Å². The molecule has 7 heteroatoms. The number of hydrogen-bond donors (Lipinski definition) is 0. The molecule has 1 aliphatic rings. The highest BCUT2D eigenvalue weighted by molar-refractivity contribution is 7.91. The standard InChI is InChI=1S/C15H18ClN3O2S/c1-11-17-15(13-5-3-7-22(20,21)10-13)19(18-11)9-12-4-2-6-14(16)8-12/h2,4,6,8,13H,3,5,7,9-10H2,1H3/t13-/m0/s1. The number of hydrogen-bond acceptors (Lipinski definition) is 4. The molecule has 1 aromatic carbocycles. The van der Waals surface area contributed by atoms with E-state index in [9.17, 15) is 8.42 Å². The minimum Gasteiger partial charge on any atom is -0.245 e. The van der Waals surface area contributed by atoms with Gasteiger partial charge in [0.2, 0.25) is 0 Å². The van der Waals surface area contributed by atoms with E-state index < -0.39 is 9.84 Å². The summed E-state index contributed by atoms with van der Waals surface area (Å²) >= 11 is 6.02. The largest absolute Gasteiger partial charge is 0.245 e. The molecule has 118 valence electrons. The van der Waals surface area contributed by atoms with Gasteiger partial charge in [0.25, 0.3) is 0 Å². The van der Waals surface area contributed by atoms with Gasteiger partial charge in [-0.15, -0.1) is 0 Å². The van der Waals surface area contributed by atoms with E-state index in [1.54, 1.807) is 0 Å². The lowest BCUT2D eigenvalue weighted by atomic mass is 10.0. The molecule has 22 heavy (non-hydrogen) atoms. The van der Waals surface area contributed by atoms with Gasteiger partial charge in [-0.25, -0.2) is 18.1 Å². The highest BCUT2D eigenvalue weighted by Gasteiger charge is 2.29. The predicted molar refractivity (Wildman–Crippen MR) is 85.9 cm³/mol. The molecule has 0 bridgehead atoms. The molecule has 0 saturated carbocycles. The zero-order valence-corrected chi connectivity index (χ0v) is 13.9. The zero-order valence-electron chi connectivity index (χ0n) is 12.4. The fraction of sp³-hybridized carbons (Fsp3) is 0.467. The van der Waals surface area contributed by atoms with Crippen LogP contribution in [0.25, 0.3) is 0 Å². The topological polar surface area (TPSA) is 64.8 Å². The number of aromatic nitrogens is 3. The summed E-state index contributed by atoms with van der Waals surface area (Å²) in [6, 6.07) is 7.59. The Bertz CT molecular complexity index is 786. The lowest BCUT2D eigenvalue weighted by molar-refractivity contribution is 0.519. The molecule has 5 nitrogen and oxygen atoms in total. The minimum atomic E-state index is -2.97. The molecule has 0 aliphatic carbocycles. The van der Waals surface area contributed by atoms with Crippen LogP contribution in [-0.4, -0.2) is 34.7 Å². The van der Waals surface area contributed by atoms with Crippen LogP contribution in [0, 0.1) is 6.92 Å². The van der Waals surface area contributed by atoms with Crippen LogP contribution in [0.5, 0.6) is 0 Å². The molecule has 0 N–H and O–H groups in total. The molecule has 1 saturated heterocycles. The maximum Gasteiger partial charge on any atom is 0.151 e. The molecule has 0 amide bonds. The van der Waals surface area contributed by atoms with Gasteiger partial charge < -0.3 is 0 Å². The van der Waals surface area contributed by atoms with Crippen LogP contribution in [0.15, 0.2) is 24.3 Å². The third kappa shape index (κ3) is 3.50. The molecule has 0 spiro atoms. The number of aryl methyl sites for hydroxylation is 1. The van der Waals surface area contributed by atoms with E-state index in [0.29, 0.717) is 23.8 Å². The average Bonchev–Trinajstić information content (AvgIpc) is 2.78. The van der Waals surface area contributed by atoms with Crippen molar-refractivity contribution in [3.63, 3.8) is 0 Å². The molecule has 2 heterocycles. The van der Waals surface area contributed by atoms with Crippen LogP contribution in [0.1, 0.15) is 36.0 Å². The highest BCUT2D eigenvalue weighted by Crippen LogP contribution is 2.27. The molecule has 2 aromatic rings. The first-order chi connectivity index (χ1) is 10.4. The molecule has 1 atom stereocenters. The fourth-order valence-corrected chi connectivity index (χ4v) is 4.84. The summed E-state index contributed by atoms with van der Waals surface area (Å²) < 4.78 is 25.6. The fourth-order valence-electron chi connectivity index (χ4n) is 2.92. The first kappa shape index (κ1) is 15.5. The summed E-state index contributed by atoms with van der Waals surface area (Å²) in [7, 11) is -2.97. The second-order valence-corrected chi connectivity index (χ2v) is 8.42. The van der Waals surface area contributed by atoms with Gasteiger partial charge in [-0.2, -0.15) is 5.10 Å². The van der Waals surface area contributed by atoms with Crippen molar-refractivity contribution in [1.29, 1.82) is 0 Å². The summed E-state index contributed by atoms with van der Waals surface area (Å²) in [5.74, 6) is 1.81. The van der Waals surface area contributed by atoms with Crippen molar-refractivity contribution in [3.05, 3.63) is 46.5 Å². The van der Waals surface area contributed by atoms with Gasteiger partial charge in [0.15, 0.2) is 9.84 Å². The van der Waals surface area contributed by atoms with Gasteiger partial charge >= 0.3 is 0 Å². The Morgan fingerprint density at radius 3 is 2.95 bits per heavy atom. The number of rotatable bonds is 3. The van der Waals surface area contributed by atoms with E-state index >= 15 is 0 Å². The summed E-state index contributed by atoms with van der Waals surface area (Å²) in [5, 5.41) is 5.10. The van der Waals surface area contributed by atoms with Gasteiger partial charge in [0.1, 0.15) is 11.6 Å². The first-order valence-corrected chi connectivity index (χ1v) is 9.49. The molecule has 0 unspecified atom stereocenters. The van der Waals surface area contributed by atoms with Crippen LogP contribution < -0.4 is 0 Å². The van der Waals surface area contributed by atoms with Gasteiger partial charge in [-0.05, 0) is 37.5 Å². The van der Waals surface area contributed by atoms with Crippen molar-refractivity contribution in [2.24, 2.45) is 0 Å². The van der Waals surface area contributed by atoms with Crippen molar-refractivity contribution in [3.8, 4) is 0 Å². The normalized spacial score (nSPS) is 20.9. The SMILES string of the molecule is Cc1nc([C@H]2CCCS(=O)(=O)C2)n(Cc2cccc(Cl)c2)n1. The van der Waals surface area contributed by atoms with E-state index in [2.05, 4.69) is 10.1 Å². The van der Waals surface area contributed by atoms with E-state index in [0.717, 1.165) is 17.8 Å². The van der Waals surface area contributed by atoms with Crippen LogP contribution in [0.2, 0.25) is 5.02 Å². The molecular formula is C15H18ClN3O2S. The van der Waals surface area contributed by atoms with Crippen LogP contribution in [-0.2, 0) is 16.4 Å². The highest BCUT2D eigenvalue weighted by atomic mass is 35.5. The molecule has 1 aromatic heterocycles. The number of halogens is 1. The Hall–Kier alpha value is -1.40. The van der Waals surface area contributed by atoms with Gasteiger partial charge in [0.05, 0.1) is 18.1 Å². The summed E-state index contributed by atoms with van der Waals surface area (Å²) in [6.07, 6.45) is 1.53. The third-order valence-corrected chi connectivity index (χ3v) is 5.91. The van der Waals surface area contributed by atoms with E-state index in [4.69, 9.17) is 11.6 Å². The molecule has 3 rings (SSSR count). The van der Waals surface area contributed by atoms with Crippen molar-refractivity contribution >= 4 is 21.4 Å². The van der Waals surface area contributed by atoms with Gasteiger partial charge in [0, 0.05) is 10.9 Å². The van der Waals surface area contributed by atoms with Crippen molar-refractivity contribution in [2.45, 2.75) is 32.2 Å². The van der Waals surface area contributed by atoms with Gasteiger partial charge in [-0.1, -0.05) is 23.7 Å². The van der Waals surface area contributed by atoms with Crippen LogP contribution in [0.4, 0.5) is 0 Å². The zero-order chi connectivity index (χ0) is 15.7. The summed E-state index contributed by atoms with van der Waals surface area (Å²) in [4.78, 5) is 4.47. The van der Waals surface area contributed by atoms with E-state index in [-0.39, 0.29) is 17.4 Å². The Balaban J connectivity index is 1.90. The molecular weight excluding hydrogens is 322 g/mol. The maximum atomic E-state index is 11.9.